The summed E-state index contributed by atoms with van der Waals surface area (Å²) in [5.41, 5.74) is 2.32. The van der Waals surface area contributed by atoms with Crippen LogP contribution in [0.25, 0.3) is 11.4 Å². The van der Waals surface area contributed by atoms with Gasteiger partial charge in [0.15, 0.2) is 17.4 Å². The highest BCUT2D eigenvalue weighted by atomic mass is 19.1. The minimum atomic E-state index is -0.761. The lowest BCUT2D eigenvalue weighted by Crippen LogP contribution is -2.09. The molecule has 6 heteroatoms. The largest absolute Gasteiger partial charge is 0.420 e. The average Bonchev–Trinajstić information content (AvgIpc) is 2.80. The molecule has 0 aliphatic carbocycles. The van der Waals surface area contributed by atoms with E-state index in [-0.39, 0.29) is 16.9 Å². The highest BCUT2D eigenvalue weighted by molar-refractivity contribution is 5.91. The summed E-state index contributed by atoms with van der Waals surface area (Å²) in [6.45, 7) is 2.21. The number of nitrogens with zero attached hydrogens (tertiary/aromatic N) is 3. The van der Waals surface area contributed by atoms with Crippen molar-refractivity contribution in [3.63, 3.8) is 0 Å². The molecule has 31 heavy (non-hydrogen) atoms. The summed E-state index contributed by atoms with van der Waals surface area (Å²) in [6, 6.07) is 12.1. The van der Waals surface area contributed by atoms with E-state index in [1.807, 2.05) is 18.5 Å². The number of ether oxygens (including phenoxy) is 1. The van der Waals surface area contributed by atoms with Gasteiger partial charge in [-0.2, -0.15) is 5.26 Å². The molecule has 0 atom stereocenters. The van der Waals surface area contributed by atoms with Crippen molar-refractivity contribution in [3.05, 3.63) is 77.4 Å². The number of carbonyl (C=O) groups excluding carboxylic acids is 1. The summed E-state index contributed by atoms with van der Waals surface area (Å²) < 4.78 is 19.0. The number of unbranched alkanes of at least 4 members (excludes halogenated alkanes) is 4. The molecule has 0 radical (unpaired) electrons. The molecule has 1 aromatic heterocycles. The third-order valence-electron chi connectivity index (χ3n) is 4.92. The van der Waals surface area contributed by atoms with Crippen LogP contribution >= 0.6 is 0 Å². The number of carbonyl (C=O) groups is 1. The molecule has 0 spiro atoms. The molecule has 1 heterocycles. The van der Waals surface area contributed by atoms with Gasteiger partial charge in [-0.15, -0.1) is 0 Å². The Bertz CT molecular complexity index is 1060. The number of rotatable bonds is 9. The molecular weight excluding hydrogens is 393 g/mol. The van der Waals surface area contributed by atoms with Gasteiger partial charge in [-0.05, 0) is 48.7 Å². The average molecular weight is 417 g/mol. The van der Waals surface area contributed by atoms with E-state index in [1.165, 1.54) is 37.8 Å². The molecule has 3 aromatic rings. The Hall–Kier alpha value is -3.59. The van der Waals surface area contributed by atoms with E-state index in [2.05, 4.69) is 16.9 Å². The van der Waals surface area contributed by atoms with Gasteiger partial charge in [0.05, 0.1) is 17.2 Å². The SMILES string of the molecule is CCCCCCCc1cnc(-c2ccc(C(=O)Oc3ccc(C#N)cc3F)cc2)nc1. The molecule has 0 aliphatic rings. The van der Waals surface area contributed by atoms with E-state index in [9.17, 15) is 9.18 Å². The first kappa shape index (κ1) is 22.1. The van der Waals surface area contributed by atoms with E-state index in [1.54, 1.807) is 24.3 Å². The second kappa shape index (κ2) is 11.0. The van der Waals surface area contributed by atoms with Crippen molar-refractivity contribution in [2.75, 3.05) is 0 Å². The lowest BCUT2D eigenvalue weighted by Gasteiger charge is -2.07. The zero-order chi connectivity index (χ0) is 22.1. The van der Waals surface area contributed by atoms with Crippen molar-refractivity contribution < 1.29 is 13.9 Å². The first-order chi connectivity index (χ1) is 15.1. The smallest absolute Gasteiger partial charge is 0.343 e. The summed E-state index contributed by atoms with van der Waals surface area (Å²) in [7, 11) is 0. The molecule has 0 aliphatic heterocycles. The van der Waals surface area contributed by atoms with Crippen LogP contribution in [0.3, 0.4) is 0 Å². The van der Waals surface area contributed by atoms with Gasteiger partial charge < -0.3 is 4.74 Å². The number of aryl methyl sites for hydroxylation is 1. The zero-order valence-corrected chi connectivity index (χ0v) is 17.5. The Morgan fingerprint density at radius 3 is 2.39 bits per heavy atom. The van der Waals surface area contributed by atoms with Gasteiger partial charge >= 0.3 is 5.97 Å². The van der Waals surface area contributed by atoms with Gasteiger partial charge in [0.1, 0.15) is 0 Å². The third kappa shape index (κ3) is 6.19. The number of hydrogen-bond donors (Lipinski definition) is 0. The number of nitriles is 1. The number of esters is 1. The summed E-state index contributed by atoms with van der Waals surface area (Å²) in [5.74, 6) is -1.09. The van der Waals surface area contributed by atoms with Crippen LogP contribution in [0.5, 0.6) is 5.75 Å². The summed E-state index contributed by atoms with van der Waals surface area (Å²) in [5, 5.41) is 8.78. The number of halogens is 1. The second-order valence-corrected chi connectivity index (χ2v) is 7.30. The van der Waals surface area contributed by atoms with Crippen molar-refractivity contribution in [3.8, 4) is 23.2 Å². The van der Waals surface area contributed by atoms with Crippen LogP contribution in [0, 0.1) is 17.1 Å². The predicted molar refractivity (Wildman–Crippen MR) is 116 cm³/mol. The Morgan fingerprint density at radius 1 is 1.03 bits per heavy atom. The number of aromatic nitrogens is 2. The Labute approximate surface area is 181 Å². The lowest BCUT2D eigenvalue weighted by molar-refractivity contribution is 0.0728. The first-order valence-electron chi connectivity index (χ1n) is 10.4. The fraction of sp³-hybridized carbons (Fsp3) is 0.280. The van der Waals surface area contributed by atoms with Gasteiger partial charge in [0.2, 0.25) is 0 Å². The molecule has 158 valence electrons. The fourth-order valence-corrected chi connectivity index (χ4v) is 3.13. The molecule has 0 saturated heterocycles. The Kier molecular flexibility index (Phi) is 7.83. The van der Waals surface area contributed by atoms with Gasteiger partial charge in [0, 0.05) is 18.0 Å². The van der Waals surface area contributed by atoms with Gasteiger partial charge in [-0.1, -0.05) is 44.7 Å². The van der Waals surface area contributed by atoms with Gasteiger partial charge in [-0.25, -0.2) is 19.2 Å². The van der Waals surface area contributed by atoms with Crippen molar-refractivity contribution in [2.45, 2.75) is 45.4 Å². The van der Waals surface area contributed by atoms with Crippen molar-refractivity contribution in [1.29, 1.82) is 5.26 Å². The number of hydrogen-bond acceptors (Lipinski definition) is 5. The van der Waals surface area contributed by atoms with Crippen molar-refractivity contribution in [1.82, 2.24) is 9.97 Å². The molecule has 2 aromatic carbocycles. The molecule has 0 amide bonds. The lowest BCUT2D eigenvalue weighted by atomic mass is 10.1. The molecule has 0 N–H and O–H groups in total. The van der Waals surface area contributed by atoms with E-state index >= 15 is 0 Å². The normalized spacial score (nSPS) is 10.5. The summed E-state index contributed by atoms with van der Waals surface area (Å²) in [4.78, 5) is 21.2. The minimum Gasteiger partial charge on any atom is -0.420 e. The molecule has 0 fully saturated rings. The molecular formula is C25H24FN3O2. The Morgan fingerprint density at radius 2 is 1.74 bits per heavy atom. The van der Waals surface area contributed by atoms with Gasteiger partial charge in [-0.3, -0.25) is 0 Å². The Balaban J connectivity index is 1.59. The topological polar surface area (TPSA) is 75.9 Å². The van der Waals surface area contributed by atoms with Crippen LogP contribution in [0.2, 0.25) is 0 Å². The van der Waals surface area contributed by atoms with Crippen LogP contribution < -0.4 is 4.74 Å². The molecule has 0 bridgehead atoms. The highest BCUT2D eigenvalue weighted by Crippen LogP contribution is 2.21. The maximum atomic E-state index is 13.9. The first-order valence-corrected chi connectivity index (χ1v) is 10.4. The number of benzene rings is 2. The second-order valence-electron chi connectivity index (χ2n) is 7.30. The van der Waals surface area contributed by atoms with Crippen LogP contribution in [0.4, 0.5) is 4.39 Å². The maximum Gasteiger partial charge on any atom is 0.343 e. The monoisotopic (exact) mass is 417 g/mol. The molecule has 3 rings (SSSR count). The summed E-state index contributed by atoms with van der Waals surface area (Å²) >= 11 is 0. The minimum absolute atomic E-state index is 0.157. The maximum absolute atomic E-state index is 13.9. The van der Waals surface area contributed by atoms with Crippen molar-refractivity contribution in [2.24, 2.45) is 0 Å². The van der Waals surface area contributed by atoms with Crippen LogP contribution in [-0.4, -0.2) is 15.9 Å². The van der Waals surface area contributed by atoms with E-state index in [0.717, 1.165) is 30.0 Å². The van der Waals surface area contributed by atoms with Crippen LogP contribution in [0.1, 0.15) is 60.5 Å². The fourth-order valence-electron chi connectivity index (χ4n) is 3.13. The van der Waals surface area contributed by atoms with Crippen molar-refractivity contribution >= 4 is 5.97 Å². The third-order valence-corrected chi connectivity index (χ3v) is 4.92. The van der Waals surface area contributed by atoms with Crippen LogP contribution in [-0.2, 0) is 6.42 Å². The van der Waals surface area contributed by atoms with E-state index in [0.29, 0.717) is 5.82 Å². The highest BCUT2D eigenvalue weighted by Gasteiger charge is 2.13. The standard InChI is InChI=1S/C25H24FN3O2/c1-2-3-4-5-6-7-19-16-28-24(29-17-19)20-9-11-21(12-10-20)25(30)31-23-13-8-18(15-27)14-22(23)26/h8-14,16-17H,2-7H2,1H3. The predicted octanol–water partition coefficient (Wildman–Crippen LogP) is 5.89. The molecule has 5 nitrogen and oxygen atoms in total. The summed E-state index contributed by atoms with van der Waals surface area (Å²) in [6.07, 6.45) is 10.8. The van der Waals surface area contributed by atoms with Crippen LogP contribution in [0.15, 0.2) is 54.9 Å². The zero-order valence-electron chi connectivity index (χ0n) is 17.5. The molecule has 0 unspecified atom stereocenters. The van der Waals surface area contributed by atoms with Gasteiger partial charge in [0.25, 0.3) is 0 Å². The van der Waals surface area contributed by atoms with E-state index < -0.39 is 11.8 Å². The van der Waals surface area contributed by atoms with E-state index in [4.69, 9.17) is 10.00 Å². The quantitative estimate of drug-likeness (QED) is 0.247. The molecule has 0 saturated carbocycles.